The van der Waals surface area contributed by atoms with Crippen molar-refractivity contribution in [3.8, 4) is 11.5 Å². The number of nitrogens with zero attached hydrogens (tertiary/aromatic N) is 3. The third-order valence-corrected chi connectivity index (χ3v) is 5.82. The molecule has 2 aromatic heterocycles. The molecule has 3 aromatic carbocycles. The zero-order valence-corrected chi connectivity index (χ0v) is 19.9. The standard InChI is InChI=1S/C27H22F3N5O2/c1-36-22-13-20-21(14-23(22)37-2)33-26(34-24-19-9-4-3-7-17(19)10-11-31-24)35-25(20)32-15-16-6-5-8-18(12-16)27(28,29)30/h3-14H,15H2,1-2H3,(H2,31,32,33,34,35). The monoisotopic (exact) mass is 505 g/mol. The van der Waals surface area contributed by atoms with Gasteiger partial charge in [0, 0.05) is 29.6 Å². The number of anilines is 3. The molecule has 0 spiro atoms. The maximum atomic E-state index is 13.2. The second-order valence-corrected chi connectivity index (χ2v) is 8.18. The number of methoxy groups -OCH3 is 2. The molecule has 0 fully saturated rings. The van der Waals surface area contributed by atoms with Crippen molar-refractivity contribution in [1.82, 2.24) is 15.0 Å². The fraction of sp³-hybridized carbons (Fsp3) is 0.148. The van der Waals surface area contributed by atoms with Crippen LogP contribution in [0.25, 0.3) is 21.7 Å². The van der Waals surface area contributed by atoms with E-state index in [1.54, 1.807) is 24.4 Å². The Hall–Kier alpha value is -4.60. The molecule has 37 heavy (non-hydrogen) atoms. The maximum Gasteiger partial charge on any atom is 0.416 e. The van der Waals surface area contributed by atoms with Crippen LogP contribution in [-0.4, -0.2) is 29.2 Å². The molecule has 2 N–H and O–H groups in total. The molecule has 7 nitrogen and oxygen atoms in total. The average molecular weight is 506 g/mol. The summed E-state index contributed by atoms with van der Waals surface area (Å²) < 4.78 is 50.4. The smallest absolute Gasteiger partial charge is 0.416 e. The number of aromatic nitrogens is 3. The number of hydrogen-bond acceptors (Lipinski definition) is 7. The fourth-order valence-electron chi connectivity index (χ4n) is 4.01. The lowest BCUT2D eigenvalue weighted by molar-refractivity contribution is -0.137. The summed E-state index contributed by atoms with van der Waals surface area (Å²) in [6, 6.07) is 18.3. The molecule has 5 aromatic rings. The molecule has 0 saturated carbocycles. The summed E-state index contributed by atoms with van der Waals surface area (Å²) in [7, 11) is 3.04. The number of alkyl halides is 3. The van der Waals surface area contributed by atoms with Gasteiger partial charge < -0.3 is 20.1 Å². The number of halogens is 3. The summed E-state index contributed by atoms with van der Waals surface area (Å²) in [5, 5.41) is 8.83. The van der Waals surface area contributed by atoms with E-state index in [1.165, 1.54) is 20.3 Å². The topological polar surface area (TPSA) is 81.2 Å². The van der Waals surface area contributed by atoms with Crippen molar-refractivity contribution in [3.05, 3.63) is 84.1 Å². The molecule has 0 unspecified atom stereocenters. The van der Waals surface area contributed by atoms with Crippen LogP contribution in [0.3, 0.4) is 0 Å². The Morgan fingerprint density at radius 1 is 0.811 bits per heavy atom. The first kappa shape index (κ1) is 24.1. The van der Waals surface area contributed by atoms with Gasteiger partial charge in [-0.05, 0) is 35.2 Å². The zero-order chi connectivity index (χ0) is 26.0. The molecule has 0 amide bonds. The van der Waals surface area contributed by atoms with E-state index in [0.717, 1.165) is 22.9 Å². The fourth-order valence-corrected chi connectivity index (χ4v) is 4.01. The molecule has 0 aliphatic heterocycles. The Morgan fingerprint density at radius 3 is 2.38 bits per heavy atom. The Bertz CT molecular complexity index is 1590. The summed E-state index contributed by atoms with van der Waals surface area (Å²) in [6.07, 6.45) is -2.74. The molecule has 0 bridgehead atoms. The van der Waals surface area contributed by atoms with E-state index in [0.29, 0.717) is 39.6 Å². The van der Waals surface area contributed by atoms with Crippen molar-refractivity contribution < 1.29 is 22.6 Å². The van der Waals surface area contributed by atoms with E-state index in [2.05, 4.69) is 25.6 Å². The van der Waals surface area contributed by atoms with Gasteiger partial charge in [-0.2, -0.15) is 18.2 Å². The van der Waals surface area contributed by atoms with Gasteiger partial charge in [0.1, 0.15) is 11.6 Å². The van der Waals surface area contributed by atoms with Gasteiger partial charge in [-0.1, -0.05) is 36.4 Å². The molecular formula is C27H22F3N5O2. The molecule has 5 rings (SSSR count). The second kappa shape index (κ2) is 9.81. The highest BCUT2D eigenvalue weighted by Crippen LogP contribution is 2.36. The predicted molar refractivity (Wildman–Crippen MR) is 136 cm³/mol. The van der Waals surface area contributed by atoms with E-state index in [9.17, 15) is 13.2 Å². The van der Waals surface area contributed by atoms with E-state index in [4.69, 9.17) is 9.47 Å². The number of ether oxygens (including phenoxy) is 2. The van der Waals surface area contributed by atoms with Crippen molar-refractivity contribution in [2.24, 2.45) is 0 Å². The molecule has 2 heterocycles. The second-order valence-electron chi connectivity index (χ2n) is 8.18. The number of hydrogen-bond donors (Lipinski definition) is 2. The van der Waals surface area contributed by atoms with Crippen molar-refractivity contribution in [3.63, 3.8) is 0 Å². The largest absolute Gasteiger partial charge is 0.493 e. The number of fused-ring (bicyclic) bond motifs is 2. The van der Waals surface area contributed by atoms with Crippen LogP contribution in [-0.2, 0) is 12.7 Å². The summed E-state index contributed by atoms with van der Waals surface area (Å²) in [6.45, 7) is 0.107. The number of benzene rings is 3. The van der Waals surface area contributed by atoms with Crippen LogP contribution in [0.2, 0.25) is 0 Å². The van der Waals surface area contributed by atoms with Gasteiger partial charge in [-0.3, -0.25) is 0 Å². The maximum absolute atomic E-state index is 13.2. The lowest BCUT2D eigenvalue weighted by Gasteiger charge is -2.15. The minimum atomic E-state index is -4.43. The molecule has 10 heteroatoms. The molecule has 188 valence electrons. The molecular weight excluding hydrogens is 483 g/mol. The molecule has 0 aliphatic rings. The van der Waals surface area contributed by atoms with Gasteiger partial charge in [0.05, 0.1) is 25.3 Å². The van der Waals surface area contributed by atoms with Crippen LogP contribution in [0, 0.1) is 0 Å². The van der Waals surface area contributed by atoms with Crippen LogP contribution in [0.1, 0.15) is 11.1 Å². The van der Waals surface area contributed by atoms with Crippen LogP contribution in [0.15, 0.2) is 72.9 Å². The van der Waals surface area contributed by atoms with E-state index in [-0.39, 0.29) is 12.5 Å². The minimum absolute atomic E-state index is 0.107. The summed E-state index contributed by atoms with van der Waals surface area (Å²) in [5.41, 5.74) is 0.282. The van der Waals surface area contributed by atoms with Crippen molar-refractivity contribution >= 4 is 39.3 Å². The number of rotatable bonds is 7. The van der Waals surface area contributed by atoms with Crippen molar-refractivity contribution in [2.45, 2.75) is 12.7 Å². The van der Waals surface area contributed by atoms with Crippen LogP contribution in [0.5, 0.6) is 11.5 Å². The van der Waals surface area contributed by atoms with Gasteiger partial charge in [0.15, 0.2) is 11.5 Å². The molecule has 0 radical (unpaired) electrons. The highest BCUT2D eigenvalue weighted by atomic mass is 19.4. The normalized spacial score (nSPS) is 11.5. The molecule has 0 saturated heterocycles. The van der Waals surface area contributed by atoms with Crippen molar-refractivity contribution in [1.29, 1.82) is 0 Å². The third kappa shape index (κ3) is 5.04. The number of pyridine rings is 1. The lowest BCUT2D eigenvalue weighted by atomic mass is 10.1. The highest BCUT2D eigenvalue weighted by molar-refractivity contribution is 5.95. The summed E-state index contributed by atoms with van der Waals surface area (Å²) in [5.74, 6) is 2.19. The first-order chi connectivity index (χ1) is 17.9. The van der Waals surface area contributed by atoms with Gasteiger partial charge in [-0.15, -0.1) is 0 Å². The zero-order valence-electron chi connectivity index (χ0n) is 19.9. The SMILES string of the molecule is COc1cc2nc(Nc3nccc4ccccc34)nc(NCc3cccc(C(F)(F)F)c3)c2cc1OC. The van der Waals surface area contributed by atoms with E-state index in [1.807, 2.05) is 30.3 Å². The van der Waals surface area contributed by atoms with E-state index < -0.39 is 11.7 Å². The van der Waals surface area contributed by atoms with Crippen LogP contribution >= 0.6 is 0 Å². The summed E-state index contributed by atoms with van der Waals surface area (Å²) in [4.78, 5) is 13.7. The lowest BCUT2D eigenvalue weighted by Crippen LogP contribution is -2.09. The Morgan fingerprint density at radius 2 is 1.59 bits per heavy atom. The Balaban J connectivity index is 1.56. The quantitative estimate of drug-likeness (QED) is 0.259. The Kier molecular flexibility index (Phi) is 6.39. The van der Waals surface area contributed by atoms with Gasteiger partial charge in [-0.25, -0.2) is 9.97 Å². The minimum Gasteiger partial charge on any atom is -0.493 e. The van der Waals surface area contributed by atoms with E-state index >= 15 is 0 Å². The van der Waals surface area contributed by atoms with Crippen molar-refractivity contribution in [2.75, 3.05) is 24.9 Å². The first-order valence-corrected chi connectivity index (χ1v) is 11.3. The van der Waals surface area contributed by atoms with Crippen LogP contribution in [0.4, 0.5) is 30.8 Å². The Labute approximate surface area is 210 Å². The third-order valence-electron chi connectivity index (χ3n) is 5.82. The van der Waals surface area contributed by atoms with Gasteiger partial charge >= 0.3 is 6.18 Å². The molecule has 0 aliphatic carbocycles. The summed E-state index contributed by atoms with van der Waals surface area (Å²) >= 11 is 0. The predicted octanol–water partition coefficient (Wildman–Crippen LogP) is 6.57. The van der Waals surface area contributed by atoms with Gasteiger partial charge in [0.2, 0.25) is 5.95 Å². The van der Waals surface area contributed by atoms with Crippen LogP contribution < -0.4 is 20.1 Å². The first-order valence-electron chi connectivity index (χ1n) is 11.3. The number of nitrogens with one attached hydrogen (secondary N) is 2. The average Bonchev–Trinajstić information content (AvgIpc) is 2.91. The molecule has 0 atom stereocenters. The highest BCUT2D eigenvalue weighted by Gasteiger charge is 2.30. The van der Waals surface area contributed by atoms with Gasteiger partial charge in [0.25, 0.3) is 0 Å².